The number of nitrogens with one attached hydrogen (secondary N) is 1. The Kier molecular flexibility index (Phi) is 6.51. The first-order valence-corrected chi connectivity index (χ1v) is 9.54. The Hall–Kier alpha value is -1.63. The lowest BCUT2D eigenvalue weighted by Crippen LogP contribution is -2.56. The average molecular weight is 362 g/mol. The van der Waals surface area contributed by atoms with E-state index in [1.165, 1.54) is 6.42 Å². The highest BCUT2D eigenvalue weighted by Crippen LogP contribution is 2.22. The number of carbonyl (C=O) groups excluding carboxylic acids is 1. The van der Waals surface area contributed by atoms with Gasteiger partial charge in [0.2, 0.25) is 5.91 Å². The zero-order valence-corrected chi connectivity index (χ0v) is 15.8. The number of amides is 1. The lowest BCUT2D eigenvalue weighted by atomic mass is 10.0. The zero-order valence-electron chi connectivity index (χ0n) is 15.8. The maximum atomic E-state index is 12.7. The third-order valence-electron chi connectivity index (χ3n) is 5.18. The summed E-state index contributed by atoms with van der Waals surface area (Å²) in [7, 11) is 0. The fourth-order valence-electron chi connectivity index (χ4n) is 3.31. The Bertz CT molecular complexity index is 576. The molecule has 2 aliphatic rings. The first kappa shape index (κ1) is 19.1. The Morgan fingerprint density at radius 3 is 2.58 bits per heavy atom. The molecule has 6 heteroatoms. The maximum Gasteiger partial charge on any atom is 0.244 e. The second-order valence-corrected chi connectivity index (χ2v) is 7.44. The number of hydrogen-bond acceptors (Lipinski definition) is 5. The molecular weight excluding hydrogens is 332 g/mol. The molecule has 2 heterocycles. The smallest absolute Gasteiger partial charge is 0.244 e. The van der Waals surface area contributed by atoms with Crippen molar-refractivity contribution in [2.24, 2.45) is 0 Å². The fraction of sp³-hybridized carbons (Fsp3) is 0.650. The minimum Gasteiger partial charge on any atom is -0.491 e. The second kappa shape index (κ2) is 8.84. The van der Waals surface area contributed by atoms with Crippen LogP contribution in [0, 0.1) is 0 Å². The van der Waals surface area contributed by atoms with Crippen molar-refractivity contribution in [2.45, 2.75) is 44.8 Å². The predicted molar refractivity (Wildman–Crippen MR) is 101 cm³/mol. The van der Waals surface area contributed by atoms with Gasteiger partial charge in [-0.2, -0.15) is 0 Å². The van der Waals surface area contributed by atoms with Crippen LogP contribution in [0.15, 0.2) is 24.3 Å². The first-order chi connectivity index (χ1) is 12.6. The summed E-state index contributed by atoms with van der Waals surface area (Å²) in [6, 6.07) is 7.54. The van der Waals surface area contributed by atoms with E-state index in [1.807, 2.05) is 38.1 Å². The van der Waals surface area contributed by atoms with Crippen molar-refractivity contribution in [1.82, 2.24) is 4.90 Å². The van der Waals surface area contributed by atoms with Gasteiger partial charge in [-0.3, -0.25) is 9.69 Å². The number of nitrogens with zero attached hydrogens (tertiary/aromatic N) is 1. The van der Waals surface area contributed by atoms with E-state index >= 15 is 0 Å². The topological polar surface area (TPSA) is 60.0 Å². The molecule has 144 valence electrons. The summed E-state index contributed by atoms with van der Waals surface area (Å²) in [5, 5.41) is 3.01. The zero-order chi connectivity index (χ0) is 18.4. The molecule has 2 fully saturated rings. The van der Waals surface area contributed by atoms with Crippen molar-refractivity contribution in [3.05, 3.63) is 24.3 Å². The number of benzene rings is 1. The Balaban J connectivity index is 1.50. The Labute approximate surface area is 155 Å². The molecule has 0 bridgehead atoms. The second-order valence-electron chi connectivity index (χ2n) is 7.44. The molecular formula is C20H30N2O4. The van der Waals surface area contributed by atoms with Crippen LogP contribution in [0.1, 0.15) is 33.1 Å². The largest absolute Gasteiger partial charge is 0.491 e. The first-order valence-electron chi connectivity index (χ1n) is 9.54. The molecule has 2 aliphatic heterocycles. The highest BCUT2D eigenvalue weighted by atomic mass is 16.5. The maximum absolute atomic E-state index is 12.7. The van der Waals surface area contributed by atoms with E-state index in [9.17, 15) is 4.79 Å². The molecule has 3 rings (SSSR count). The molecule has 1 N–H and O–H groups in total. The van der Waals surface area contributed by atoms with Gasteiger partial charge in [-0.25, -0.2) is 0 Å². The van der Waals surface area contributed by atoms with E-state index in [2.05, 4.69) is 10.2 Å². The Morgan fingerprint density at radius 2 is 1.92 bits per heavy atom. The van der Waals surface area contributed by atoms with Crippen LogP contribution >= 0.6 is 0 Å². The quantitative estimate of drug-likeness (QED) is 0.843. The van der Waals surface area contributed by atoms with Crippen LogP contribution in [-0.4, -0.2) is 62.0 Å². The van der Waals surface area contributed by atoms with Crippen LogP contribution in [0.5, 0.6) is 5.75 Å². The van der Waals surface area contributed by atoms with Crippen LogP contribution in [0.2, 0.25) is 0 Å². The summed E-state index contributed by atoms with van der Waals surface area (Å²) in [6.45, 7) is 8.21. The molecule has 1 amide bonds. The average Bonchev–Trinajstić information content (AvgIpc) is 2.69. The van der Waals surface area contributed by atoms with Gasteiger partial charge in [0.15, 0.2) is 0 Å². The summed E-state index contributed by atoms with van der Waals surface area (Å²) < 4.78 is 16.9. The number of morpholine rings is 1. The number of carbonyl (C=O) groups is 1. The van der Waals surface area contributed by atoms with Gasteiger partial charge in [0, 0.05) is 25.4 Å². The molecule has 2 saturated heterocycles. The lowest BCUT2D eigenvalue weighted by Gasteiger charge is -2.39. The standard InChI is InChI=1S/C20H30N2O4/c1-20(2,22-10-13-24-14-11-22)19(23)21-16-6-8-17(9-7-16)26-15-18-5-3-4-12-25-18/h6-9,18H,3-5,10-15H2,1-2H3,(H,21,23). The van der Waals surface area contributed by atoms with Crippen LogP contribution < -0.4 is 10.1 Å². The summed E-state index contributed by atoms with van der Waals surface area (Å²) in [6.07, 6.45) is 3.60. The summed E-state index contributed by atoms with van der Waals surface area (Å²) in [5.41, 5.74) is 0.203. The predicted octanol–water partition coefficient (Wildman–Crippen LogP) is 2.68. The van der Waals surface area contributed by atoms with Gasteiger partial charge >= 0.3 is 0 Å². The molecule has 1 aromatic carbocycles. The number of ether oxygens (including phenoxy) is 3. The van der Waals surface area contributed by atoms with E-state index in [0.717, 1.165) is 44.0 Å². The molecule has 0 radical (unpaired) electrons. The fourth-order valence-corrected chi connectivity index (χ4v) is 3.31. The van der Waals surface area contributed by atoms with Crippen LogP contribution in [0.25, 0.3) is 0 Å². The van der Waals surface area contributed by atoms with E-state index in [0.29, 0.717) is 19.8 Å². The number of rotatable bonds is 6. The molecule has 1 aromatic rings. The van der Waals surface area contributed by atoms with Gasteiger partial charge in [-0.15, -0.1) is 0 Å². The van der Waals surface area contributed by atoms with Crippen molar-refractivity contribution in [1.29, 1.82) is 0 Å². The van der Waals surface area contributed by atoms with Crippen molar-refractivity contribution in [3.63, 3.8) is 0 Å². The van der Waals surface area contributed by atoms with Crippen molar-refractivity contribution in [3.8, 4) is 5.75 Å². The van der Waals surface area contributed by atoms with Gasteiger partial charge in [0.25, 0.3) is 0 Å². The van der Waals surface area contributed by atoms with Crippen molar-refractivity contribution < 1.29 is 19.0 Å². The summed E-state index contributed by atoms with van der Waals surface area (Å²) in [4.78, 5) is 14.9. The number of anilines is 1. The highest BCUT2D eigenvalue weighted by Gasteiger charge is 2.35. The van der Waals surface area contributed by atoms with E-state index < -0.39 is 5.54 Å². The minimum absolute atomic E-state index is 0.0105. The van der Waals surface area contributed by atoms with Crippen LogP contribution in [0.3, 0.4) is 0 Å². The highest BCUT2D eigenvalue weighted by molar-refractivity contribution is 5.97. The lowest BCUT2D eigenvalue weighted by molar-refractivity contribution is -0.129. The molecule has 1 atom stereocenters. The normalized spacial score (nSPS) is 22.0. The van der Waals surface area contributed by atoms with Crippen molar-refractivity contribution in [2.75, 3.05) is 44.8 Å². The molecule has 26 heavy (non-hydrogen) atoms. The molecule has 0 spiro atoms. The monoisotopic (exact) mass is 362 g/mol. The van der Waals surface area contributed by atoms with E-state index in [-0.39, 0.29) is 12.0 Å². The summed E-state index contributed by atoms with van der Waals surface area (Å²) >= 11 is 0. The molecule has 1 unspecified atom stereocenters. The van der Waals surface area contributed by atoms with Gasteiger partial charge in [-0.05, 0) is 57.4 Å². The minimum atomic E-state index is -0.572. The van der Waals surface area contributed by atoms with Gasteiger partial charge in [0.05, 0.1) is 24.9 Å². The number of hydrogen-bond donors (Lipinski definition) is 1. The van der Waals surface area contributed by atoms with Crippen LogP contribution in [-0.2, 0) is 14.3 Å². The van der Waals surface area contributed by atoms with Crippen LogP contribution in [0.4, 0.5) is 5.69 Å². The summed E-state index contributed by atoms with van der Waals surface area (Å²) in [5.74, 6) is 0.785. The van der Waals surface area contributed by atoms with Gasteiger partial charge in [0.1, 0.15) is 12.4 Å². The van der Waals surface area contributed by atoms with Gasteiger partial charge in [-0.1, -0.05) is 0 Å². The van der Waals surface area contributed by atoms with E-state index in [1.54, 1.807) is 0 Å². The molecule has 0 saturated carbocycles. The molecule has 0 aromatic heterocycles. The Morgan fingerprint density at radius 1 is 1.19 bits per heavy atom. The third-order valence-corrected chi connectivity index (χ3v) is 5.18. The SMILES string of the molecule is CC(C)(C(=O)Nc1ccc(OCC2CCCCO2)cc1)N1CCOCC1. The molecule has 6 nitrogen and oxygen atoms in total. The van der Waals surface area contributed by atoms with Gasteiger partial charge < -0.3 is 19.5 Å². The molecule has 0 aliphatic carbocycles. The van der Waals surface area contributed by atoms with E-state index in [4.69, 9.17) is 14.2 Å². The third kappa shape index (κ3) is 4.96. The van der Waals surface area contributed by atoms with Crippen molar-refractivity contribution >= 4 is 11.6 Å².